The van der Waals surface area contributed by atoms with Crippen LogP contribution in [0.15, 0.2) is 36.5 Å². The van der Waals surface area contributed by atoms with Crippen LogP contribution in [0.3, 0.4) is 0 Å². The molecule has 0 atom stereocenters. The van der Waals surface area contributed by atoms with Crippen molar-refractivity contribution in [2.45, 2.75) is 0 Å². The molecule has 0 fully saturated rings. The molecule has 0 spiro atoms. The maximum Gasteiger partial charge on any atom is 0.142 e. The van der Waals surface area contributed by atoms with Crippen LogP contribution in [0.1, 0.15) is 5.56 Å². The molecule has 0 radical (unpaired) electrons. The zero-order chi connectivity index (χ0) is 13.7. The molecule has 5 nitrogen and oxygen atoms in total. The van der Waals surface area contributed by atoms with Gasteiger partial charge in [0.05, 0.1) is 25.5 Å². The van der Waals surface area contributed by atoms with Gasteiger partial charge in [0, 0.05) is 12.3 Å². The van der Waals surface area contributed by atoms with Gasteiger partial charge >= 0.3 is 0 Å². The lowest BCUT2D eigenvalue weighted by Gasteiger charge is -2.12. The molecular weight excluding hydrogens is 242 g/mol. The topological polar surface area (TPSA) is 67.2 Å². The van der Waals surface area contributed by atoms with Gasteiger partial charge < -0.3 is 14.8 Å². The predicted octanol–water partition coefficient (Wildman–Crippen LogP) is 2.71. The fourth-order valence-electron chi connectivity index (χ4n) is 1.58. The van der Waals surface area contributed by atoms with E-state index in [1.54, 1.807) is 26.4 Å². The van der Waals surface area contributed by atoms with Gasteiger partial charge in [-0.15, -0.1) is 0 Å². The van der Waals surface area contributed by atoms with Crippen LogP contribution in [-0.2, 0) is 0 Å². The Morgan fingerprint density at radius 1 is 1.16 bits per heavy atom. The van der Waals surface area contributed by atoms with Crippen molar-refractivity contribution in [3.05, 3.63) is 42.1 Å². The van der Waals surface area contributed by atoms with Crippen molar-refractivity contribution in [2.24, 2.45) is 0 Å². The van der Waals surface area contributed by atoms with Gasteiger partial charge in [0.1, 0.15) is 23.4 Å². The van der Waals surface area contributed by atoms with Gasteiger partial charge in [0.15, 0.2) is 0 Å². The second kappa shape index (κ2) is 5.74. The predicted molar refractivity (Wildman–Crippen MR) is 71.8 cm³/mol. The van der Waals surface area contributed by atoms with E-state index in [2.05, 4.69) is 10.3 Å². The van der Waals surface area contributed by atoms with Crippen LogP contribution in [0.2, 0.25) is 0 Å². The third-order valence-corrected chi connectivity index (χ3v) is 2.56. The van der Waals surface area contributed by atoms with Crippen molar-refractivity contribution in [3.8, 4) is 17.6 Å². The van der Waals surface area contributed by atoms with Gasteiger partial charge in [-0.2, -0.15) is 5.26 Å². The molecule has 1 N–H and O–H groups in total. The Balaban J connectivity index is 2.28. The summed E-state index contributed by atoms with van der Waals surface area (Å²) < 4.78 is 10.4. The van der Waals surface area contributed by atoms with E-state index in [-0.39, 0.29) is 0 Å². The highest BCUT2D eigenvalue weighted by Gasteiger charge is 2.06. The molecule has 0 bridgehead atoms. The summed E-state index contributed by atoms with van der Waals surface area (Å²) in [5.74, 6) is 2.04. The summed E-state index contributed by atoms with van der Waals surface area (Å²) in [7, 11) is 3.20. The lowest BCUT2D eigenvalue weighted by molar-refractivity contribution is 0.405. The first-order valence-corrected chi connectivity index (χ1v) is 5.62. The van der Waals surface area contributed by atoms with Crippen molar-refractivity contribution in [1.29, 1.82) is 5.26 Å². The summed E-state index contributed by atoms with van der Waals surface area (Å²) in [6, 6.07) is 10.9. The highest BCUT2D eigenvalue weighted by atomic mass is 16.5. The maximum absolute atomic E-state index is 8.72. The van der Waals surface area contributed by atoms with Crippen molar-refractivity contribution < 1.29 is 9.47 Å². The average molecular weight is 255 g/mol. The number of nitrogens with one attached hydrogen (secondary N) is 1. The molecule has 0 saturated carbocycles. The molecule has 0 aliphatic rings. The smallest absolute Gasteiger partial charge is 0.142 e. The third-order valence-electron chi connectivity index (χ3n) is 2.56. The van der Waals surface area contributed by atoms with E-state index in [1.807, 2.05) is 24.3 Å². The lowest BCUT2D eigenvalue weighted by atomic mass is 10.2. The van der Waals surface area contributed by atoms with Crippen LogP contribution in [-0.4, -0.2) is 19.2 Å². The molecule has 0 amide bonds. The largest absolute Gasteiger partial charge is 0.497 e. The van der Waals surface area contributed by atoms with E-state index in [0.717, 1.165) is 11.4 Å². The van der Waals surface area contributed by atoms with Gasteiger partial charge in [-0.1, -0.05) is 0 Å². The molecule has 1 aromatic heterocycles. The zero-order valence-corrected chi connectivity index (χ0v) is 10.7. The quantitative estimate of drug-likeness (QED) is 0.909. The number of benzene rings is 1. The summed E-state index contributed by atoms with van der Waals surface area (Å²) in [5.41, 5.74) is 1.27. The molecule has 1 heterocycles. The van der Waals surface area contributed by atoms with E-state index in [1.165, 1.54) is 6.20 Å². The highest BCUT2D eigenvalue weighted by Crippen LogP contribution is 2.30. The number of nitriles is 1. The number of anilines is 2. The molecular formula is C14H13N3O2. The summed E-state index contributed by atoms with van der Waals surface area (Å²) in [4.78, 5) is 4.15. The lowest BCUT2D eigenvalue weighted by Crippen LogP contribution is -1.97. The molecule has 2 aromatic rings. The Morgan fingerprint density at radius 3 is 2.58 bits per heavy atom. The van der Waals surface area contributed by atoms with Crippen LogP contribution in [0.4, 0.5) is 11.5 Å². The van der Waals surface area contributed by atoms with Crippen molar-refractivity contribution >= 4 is 11.5 Å². The van der Waals surface area contributed by atoms with E-state index >= 15 is 0 Å². The molecule has 1 aromatic carbocycles. The number of nitrogens with zero attached hydrogens (tertiary/aromatic N) is 2. The number of rotatable bonds is 4. The molecule has 0 aliphatic heterocycles. The van der Waals surface area contributed by atoms with Gasteiger partial charge in [0.25, 0.3) is 0 Å². The zero-order valence-electron chi connectivity index (χ0n) is 10.7. The van der Waals surface area contributed by atoms with Gasteiger partial charge in [-0.05, 0) is 24.3 Å². The average Bonchev–Trinajstić information content (AvgIpc) is 2.48. The fourth-order valence-corrected chi connectivity index (χ4v) is 1.58. The Hall–Kier alpha value is -2.74. The second-order valence-electron chi connectivity index (χ2n) is 3.74. The number of ether oxygens (including phenoxy) is 2. The minimum Gasteiger partial charge on any atom is -0.497 e. The third kappa shape index (κ3) is 2.93. The number of hydrogen-bond donors (Lipinski definition) is 1. The van der Waals surface area contributed by atoms with Gasteiger partial charge in [-0.3, -0.25) is 0 Å². The maximum atomic E-state index is 8.72. The Morgan fingerprint density at radius 2 is 2.00 bits per heavy atom. The molecule has 2 rings (SSSR count). The Labute approximate surface area is 111 Å². The normalized spacial score (nSPS) is 9.53. The minimum absolute atomic E-state index is 0.517. The van der Waals surface area contributed by atoms with Gasteiger partial charge in [-0.25, -0.2) is 4.98 Å². The van der Waals surface area contributed by atoms with E-state index in [9.17, 15) is 0 Å². The Bertz CT molecular complexity index is 603. The molecule has 19 heavy (non-hydrogen) atoms. The first kappa shape index (κ1) is 12.7. The monoisotopic (exact) mass is 255 g/mol. The fraction of sp³-hybridized carbons (Fsp3) is 0.143. The Kier molecular flexibility index (Phi) is 3.84. The highest BCUT2D eigenvalue weighted by molar-refractivity contribution is 5.66. The molecule has 0 aliphatic carbocycles. The van der Waals surface area contributed by atoms with Crippen LogP contribution in [0.5, 0.6) is 11.5 Å². The second-order valence-corrected chi connectivity index (χ2v) is 3.74. The van der Waals surface area contributed by atoms with Crippen LogP contribution in [0, 0.1) is 11.3 Å². The standard InChI is InChI=1S/C14H13N3O2/c1-18-11-4-5-13(19-2)12(7-11)17-14-6-3-10(8-15)9-16-14/h3-7,9H,1-2H3,(H,16,17). The first-order chi connectivity index (χ1) is 9.26. The SMILES string of the molecule is COc1ccc(OC)c(Nc2ccc(C#N)cn2)c1. The molecule has 0 saturated heterocycles. The summed E-state index contributed by atoms with van der Waals surface area (Å²) in [5, 5.41) is 11.8. The van der Waals surface area contributed by atoms with Crippen molar-refractivity contribution in [2.75, 3.05) is 19.5 Å². The van der Waals surface area contributed by atoms with Gasteiger partial charge in [0.2, 0.25) is 0 Å². The van der Waals surface area contributed by atoms with Crippen molar-refractivity contribution in [1.82, 2.24) is 4.98 Å². The van der Waals surface area contributed by atoms with Crippen LogP contribution >= 0.6 is 0 Å². The summed E-state index contributed by atoms with van der Waals surface area (Å²) in [6.45, 7) is 0. The number of hydrogen-bond acceptors (Lipinski definition) is 5. The van der Waals surface area contributed by atoms with Crippen LogP contribution < -0.4 is 14.8 Å². The summed E-state index contributed by atoms with van der Waals surface area (Å²) >= 11 is 0. The van der Waals surface area contributed by atoms with Crippen molar-refractivity contribution in [3.63, 3.8) is 0 Å². The minimum atomic E-state index is 0.517. The first-order valence-electron chi connectivity index (χ1n) is 5.62. The molecule has 96 valence electrons. The van der Waals surface area contributed by atoms with E-state index < -0.39 is 0 Å². The molecule has 0 unspecified atom stereocenters. The summed E-state index contributed by atoms with van der Waals surface area (Å²) in [6.07, 6.45) is 1.51. The molecule has 5 heteroatoms. The number of methoxy groups -OCH3 is 2. The van der Waals surface area contributed by atoms with Crippen LogP contribution in [0.25, 0.3) is 0 Å². The number of aromatic nitrogens is 1. The van der Waals surface area contributed by atoms with E-state index in [0.29, 0.717) is 17.1 Å². The van der Waals surface area contributed by atoms with E-state index in [4.69, 9.17) is 14.7 Å². The number of pyridine rings is 1.